The Morgan fingerprint density at radius 3 is 2.12 bits per heavy atom. The molecule has 3 aromatic heterocycles. The third-order valence-electron chi connectivity index (χ3n) is 4.42. The van der Waals surface area contributed by atoms with E-state index >= 15 is 0 Å². The summed E-state index contributed by atoms with van der Waals surface area (Å²) in [6.07, 6.45) is 6.06. The van der Waals surface area contributed by atoms with Crippen molar-refractivity contribution < 1.29 is 14.0 Å². The molecule has 0 spiro atoms. The molecule has 2 amide bonds. The second-order valence-electron chi connectivity index (χ2n) is 6.61. The average molecular weight is 448 g/mol. The van der Waals surface area contributed by atoms with Gasteiger partial charge in [-0.1, -0.05) is 12.1 Å². The number of benzene rings is 1. The monoisotopic (exact) mass is 448 g/mol. The van der Waals surface area contributed by atoms with Crippen LogP contribution in [0.25, 0.3) is 11.3 Å². The van der Waals surface area contributed by atoms with Crippen LogP contribution in [0.2, 0.25) is 0 Å². The number of nitrogens with zero attached hydrogens (tertiary/aromatic N) is 4. The predicted octanol–water partition coefficient (Wildman–Crippen LogP) is 2.99. The van der Waals surface area contributed by atoms with E-state index in [9.17, 15) is 14.0 Å². The topological polar surface area (TPSA) is 110 Å². The second kappa shape index (κ2) is 9.84. The summed E-state index contributed by atoms with van der Waals surface area (Å²) in [4.78, 5) is 41.8. The van der Waals surface area contributed by atoms with E-state index in [0.29, 0.717) is 10.6 Å². The lowest BCUT2D eigenvalue weighted by molar-refractivity contribution is 0.0908. The number of carbonyl (C=O) groups excluding carboxylic acids is 2. The van der Waals surface area contributed by atoms with E-state index in [0.717, 1.165) is 11.3 Å². The number of aromatic nitrogens is 4. The number of halogens is 1. The largest absolute Gasteiger partial charge is 0.347 e. The molecule has 0 radical (unpaired) electrons. The normalized spacial score (nSPS) is 10.5. The van der Waals surface area contributed by atoms with Crippen LogP contribution in [0.3, 0.4) is 0 Å². The highest BCUT2D eigenvalue weighted by molar-refractivity contribution is 7.09. The molecule has 3 heterocycles. The van der Waals surface area contributed by atoms with Gasteiger partial charge in [0.05, 0.1) is 12.2 Å². The maximum atomic E-state index is 13.0. The molecule has 0 atom stereocenters. The van der Waals surface area contributed by atoms with Crippen LogP contribution in [0, 0.1) is 5.82 Å². The number of pyridine rings is 1. The number of amides is 2. The van der Waals surface area contributed by atoms with E-state index in [2.05, 4.69) is 30.6 Å². The summed E-state index contributed by atoms with van der Waals surface area (Å²) in [6, 6.07) is 9.45. The van der Waals surface area contributed by atoms with Gasteiger partial charge in [-0.15, -0.1) is 11.3 Å². The minimum absolute atomic E-state index is 0.0879. The number of hydrogen-bond donors (Lipinski definition) is 2. The Morgan fingerprint density at radius 1 is 0.844 bits per heavy atom. The summed E-state index contributed by atoms with van der Waals surface area (Å²) in [5, 5.41) is 8.00. The molecule has 0 fully saturated rings. The van der Waals surface area contributed by atoms with E-state index < -0.39 is 11.8 Å². The van der Waals surface area contributed by atoms with Gasteiger partial charge >= 0.3 is 0 Å². The summed E-state index contributed by atoms with van der Waals surface area (Å²) < 4.78 is 13.0. The number of thiazole rings is 1. The number of hydrogen-bond acceptors (Lipinski definition) is 7. The fraction of sp³-hybridized carbons (Fsp3) is 0.0909. The molecule has 0 saturated heterocycles. The summed E-state index contributed by atoms with van der Waals surface area (Å²) in [5.74, 6) is -1.45. The van der Waals surface area contributed by atoms with Crippen LogP contribution in [0.1, 0.15) is 31.5 Å². The van der Waals surface area contributed by atoms with Crippen LogP contribution in [-0.4, -0.2) is 31.8 Å². The van der Waals surface area contributed by atoms with Gasteiger partial charge in [0, 0.05) is 42.3 Å². The highest BCUT2D eigenvalue weighted by atomic mass is 32.1. The Morgan fingerprint density at radius 2 is 1.47 bits per heavy atom. The van der Waals surface area contributed by atoms with E-state index in [1.807, 2.05) is 17.5 Å². The first-order valence-electron chi connectivity index (χ1n) is 9.57. The van der Waals surface area contributed by atoms with Crippen molar-refractivity contribution in [1.82, 2.24) is 30.6 Å². The van der Waals surface area contributed by atoms with Gasteiger partial charge in [0.2, 0.25) is 0 Å². The van der Waals surface area contributed by atoms with Crippen LogP contribution in [0.15, 0.2) is 66.6 Å². The molecule has 4 aromatic rings. The van der Waals surface area contributed by atoms with E-state index in [1.165, 1.54) is 35.9 Å². The van der Waals surface area contributed by atoms with Gasteiger partial charge in [-0.2, -0.15) is 0 Å². The molecule has 0 bridgehead atoms. The van der Waals surface area contributed by atoms with Gasteiger partial charge < -0.3 is 10.6 Å². The molecule has 0 saturated carbocycles. The molecule has 4 rings (SSSR count). The zero-order valence-electron chi connectivity index (χ0n) is 16.7. The van der Waals surface area contributed by atoms with Crippen molar-refractivity contribution in [3.63, 3.8) is 0 Å². The molecule has 8 nitrogen and oxygen atoms in total. The third kappa shape index (κ3) is 5.16. The van der Waals surface area contributed by atoms with Crippen LogP contribution < -0.4 is 10.6 Å². The van der Waals surface area contributed by atoms with Crippen LogP contribution in [0.4, 0.5) is 4.39 Å². The molecule has 32 heavy (non-hydrogen) atoms. The Balaban J connectivity index is 1.39. The van der Waals surface area contributed by atoms with E-state index in [1.54, 1.807) is 24.5 Å². The number of carbonyl (C=O) groups is 2. The van der Waals surface area contributed by atoms with Crippen LogP contribution in [0.5, 0.6) is 0 Å². The smallest absolute Gasteiger partial charge is 0.272 e. The van der Waals surface area contributed by atoms with Crippen molar-refractivity contribution in [2.45, 2.75) is 13.1 Å². The molecule has 0 aliphatic rings. The number of rotatable bonds is 7. The first kappa shape index (κ1) is 21.2. The summed E-state index contributed by atoms with van der Waals surface area (Å²) in [5.41, 5.74) is 2.26. The van der Waals surface area contributed by atoms with Gasteiger partial charge in [-0.3, -0.25) is 14.6 Å². The summed E-state index contributed by atoms with van der Waals surface area (Å²) in [7, 11) is 0. The minimum atomic E-state index is -0.554. The lowest BCUT2D eigenvalue weighted by Gasteiger charge is -2.08. The molecular formula is C22H17FN6O2S. The van der Waals surface area contributed by atoms with E-state index in [-0.39, 0.29) is 30.3 Å². The Kier molecular flexibility index (Phi) is 6.52. The minimum Gasteiger partial charge on any atom is -0.347 e. The summed E-state index contributed by atoms with van der Waals surface area (Å²) in [6.45, 7) is 0.343. The van der Waals surface area contributed by atoms with Crippen molar-refractivity contribution in [2.24, 2.45) is 0 Å². The summed E-state index contributed by atoms with van der Waals surface area (Å²) >= 11 is 1.41. The first-order valence-corrected chi connectivity index (χ1v) is 10.4. The van der Waals surface area contributed by atoms with Gasteiger partial charge in [0.25, 0.3) is 11.8 Å². The molecule has 2 N–H and O–H groups in total. The van der Waals surface area contributed by atoms with Crippen molar-refractivity contribution in [3.8, 4) is 11.3 Å². The third-order valence-corrected chi connectivity index (χ3v) is 5.27. The zero-order chi connectivity index (χ0) is 22.3. The van der Waals surface area contributed by atoms with Gasteiger partial charge in [-0.25, -0.2) is 19.3 Å². The van der Waals surface area contributed by atoms with Crippen LogP contribution in [-0.2, 0) is 13.1 Å². The zero-order valence-corrected chi connectivity index (χ0v) is 17.5. The fourth-order valence-corrected chi connectivity index (χ4v) is 3.57. The van der Waals surface area contributed by atoms with E-state index in [4.69, 9.17) is 0 Å². The first-order chi connectivity index (χ1) is 15.6. The second-order valence-corrected chi connectivity index (χ2v) is 7.55. The molecular weight excluding hydrogens is 431 g/mol. The standard InChI is InChI=1S/C22H17FN6O2S/c23-16-3-1-14(2-4-16)11-27-21(30)19-20(26-10-9-25-19)22(31)28-12-18-29-17(13-32-18)15-5-7-24-8-6-15/h1-10,13H,11-12H2,(H,27,30)(H,28,31). The SMILES string of the molecule is O=C(NCc1ccc(F)cc1)c1nccnc1C(=O)NCc1nc(-c2ccncc2)cs1. The lowest BCUT2D eigenvalue weighted by Crippen LogP contribution is -2.31. The predicted molar refractivity (Wildman–Crippen MR) is 116 cm³/mol. The molecule has 0 aliphatic carbocycles. The highest BCUT2D eigenvalue weighted by Gasteiger charge is 2.20. The Labute approximate surface area is 186 Å². The number of nitrogens with one attached hydrogen (secondary N) is 2. The Bertz CT molecular complexity index is 1230. The molecule has 1 aromatic carbocycles. The molecule has 0 aliphatic heterocycles. The van der Waals surface area contributed by atoms with Crippen molar-refractivity contribution in [2.75, 3.05) is 0 Å². The van der Waals surface area contributed by atoms with Gasteiger partial charge in [0.15, 0.2) is 11.4 Å². The maximum Gasteiger partial charge on any atom is 0.272 e. The van der Waals surface area contributed by atoms with Crippen LogP contribution >= 0.6 is 11.3 Å². The van der Waals surface area contributed by atoms with Gasteiger partial charge in [0.1, 0.15) is 10.8 Å². The highest BCUT2D eigenvalue weighted by Crippen LogP contribution is 2.21. The molecule has 160 valence electrons. The van der Waals surface area contributed by atoms with Gasteiger partial charge in [-0.05, 0) is 29.8 Å². The Hall–Kier alpha value is -4.05. The molecule has 10 heteroatoms. The van der Waals surface area contributed by atoms with Crippen molar-refractivity contribution in [3.05, 3.63) is 94.3 Å². The maximum absolute atomic E-state index is 13.0. The average Bonchev–Trinajstić information content (AvgIpc) is 3.32. The van der Waals surface area contributed by atoms with Crippen molar-refractivity contribution >= 4 is 23.2 Å². The lowest BCUT2D eigenvalue weighted by atomic mass is 10.2. The quantitative estimate of drug-likeness (QED) is 0.450. The molecule has 0 unspecified atom stereocenters. The fourth-order valence-electron chi connectivity index (χ4n) is 2.83. The van der Waals surface area contributed by atoms with Crippen molar-refractivity contribution in [1.29, 1.82) is 0 Å².